The number of fused-ring (bicyclic) bond motifs is 1. The van der Waals surface area contributed by atoms with Gasteiger partial charge < -0.3 is 4.74 Å². The van der Waals surface area contributed by atoms with Crippen LogP contribution >= 0.6 is 0 Å². The normalized spacial score (nSPS) is 12.0. The van der Waals surface area contributed by atoms with E-state index in [4.69, 9.17) is 0 Å². The van der Waals surface area contributed by atoms with Crippen LogP contribution in [0.15, 0.2) is 30.5 Å². The van der Waals surface area contributed by atoms with Gasteiger partial charge in [0.1, 0.15) is 0 Å². The standard InChI is InChI=1S/C13H15NO4S/c1-9(2)19(16,17)14-8-11(13(15)18-3)10-6-4-5-7-12(10)14/h4-9H,1-3H3. The highest BCUT2D eigenvalue weighted by molar-refractivity contribution is 7.90. The number of aromatic nitrogens is 1. The van der Waals surface area contributed by atoms with Crippen molar-refractivity contribution in [2.24, 2.45) is 0 Å². The van der Waals surface area contributed by atoms with Crippen molar-refractivity contribution in [3.05, 3.63) is 36.0 Å². The minimum absolute atomic E-state index is 0.252. The van der Waals surface area contributed by atoms with Gasteiger partial charge in [0.2, 0.25) is 10.0 Å². The summed E-state index contributed by atoms with van der Waals surface area (Å²) in [7, 11) is -2.25. The molecule has 0 aliphatic rings. The van der Waals surface area contributed by atoms with E-state index >= 15 is 0 Å². The molecule has 5 nitrogen and oxygen atoms in total. The van der Waals surface area contributed by atoms with Gasteiger partial charge in [0.25, 0.3) is 0 Å². The Balaban J connectivity index is 2.81. The number of nitrogens with zero attached hydrogens (tertiary/aromatic N) is 1. The van der Waals surface area contributed by atoms with Gasteiger partial charge in [-0.15, -0.1) is 0 Å². The molecule has 0 saturated carbocycles. The Morgan fingerprint density at radius 1 is 1.26 bits per heavy atom. The summed E-state index contributed by atoms with van der Waals surface area (Å²) in [6.07, 6.45) is 1.33. The highest BCUT2D eigenvalue weighted by Gasteiger charge is 2.24. The lowest BCUT2D eigenvalue weighted by Gasteiger charge is -2.09. The Morgan fingerprint density at radius 3 is 2.47 bits per heavy atom. The first-order valence-electron chi connectivity index (χ1n) is 5.82. The third-order valence-electron chi connectivity index (χ3n) is 2.95. The fourth-order valence-electron chi connectivity index (χ4n) is 1.86. The summed E-state index contributed by atoms with van der Waals surface area (Å²) >= 11 is 0. The number of hydrogen-bond acceptors (Lipinski definition) is 4. The Labute approximate surface area is 111 Å². The molecule has 0 bridgehead atoms. The smallest absolute Gasteiger partial charge is 0.340 e. The summed E-state index contributed by atoms with van der Waals surface area (Å²) in [5.74, 6) is -0.547. The van der Waals surface area contributed by atoms with Gasteiger partial charge in [-0.3, -0.25) is 0 Å². The van der Waals surface area contributed by atoms with Gasteiger partial charge in [-0.25, -0.2) is 17.2 Å². The predicted octanol–water partition coefficient (Wildman–Crippen LogP) is 2.01. The highest BCUT2D eigenvalue weighted by atomic mass is 32.2. The Morgan fingerprint density at radius 2 is 1.89 bits per heavy atom. The predicted molar refractivity (Wildman–Crippen MR) is 72.7 cm³/mol. The number of hydrogen-bond donors (Lipinski definition) is 0. The summed E-state index contributed by atoms with van der Waals surface area (Å²) in [6, 6.07) is 6.85. The number of carbonyl (C=O) groups excluding carboxylic acids is 1. The third kappa shape index (κ3) is 2.12. The van der Waals surface area contributed by atoms with E-state index in [0.717, 1.165) is 3.97 Å². The van der Waals surface area contributed by atoms with Crippen molar-refractivity contribution in [3.63, 3.8) is 0 Å². The van der Waals surface area contributed by atoms with Crippen molar-refractivity contribution in [2.45, 2.75) is 19.1 Å². The first-order valence-corrected chi connectivity index (χ1v) is 7.32. The maximum atomic E-state index is 12.3. The molecule has 6 heteroatoms. The molecule has 19 heavy (non-hydrogen) atoms. The van der Waals surface area contributed by atoms with Crippen molar-refractivity contribution >= 4 is 26.9 Å². The topological polar surface area (TPSA) is 65.4 Å². The molecule has 0 aliphatic carbocycles. The molecule has 0 aliphatic heterocycles. The second-order valence-electron chi connectivity index (χ2n) is 4.44. The van der Waals surface area contributed by atoms with Crippen LogP contribution in [0.4, 0.5) is 0 Å². The third-order valence-corrected chi connectivity index (χ3v) is 5.00. The van der Waals surface area contributed by atoms with Crippen LogP contribution in [0, 0.1) is 0 Å². The molecule has 0 unspecified atom stereocenters. The largest absolute Gasteiger partial charge is 0.465 e. The summed E-state index contributed by atoms with van der Waals surface area (Å²) in [6.45, 7) is 3.20. The maximum Gasteiger partial charge on any atom is 0.340 e. The van der Waals surface area contributed by atoms with E-state index < -0.39 is 21.2 Å². The molecule has 102 valence electrons. The van der Waals surface area contributed by atoms with Crippen LogP contribution < -0.4 is 0 Å². The lowest BCUT2D eigenvalue weighted by molar-refractivity contribution is 0.0603. The molecule has 1 aromatic heterocycles. The van der Waals surface area contributed by atoms with Gasteiger partial charge in [-0.1, -0.05) is 18.2 Å². The van der Waals surface area contributed by atoms with Gasteiger partial charge in [-0.2, -0.15) is 0 Å². The molecule has 2 rings (SSSR count). The van der Waals surface area contributed by atoms with Gasteiger partial charge >= 0.3 is 5.97 Å². The second kappa shape index (κ2) is 4.70. The van der Waals surface area contributed by atoms with Crippen LogP contribution in [-0.2, 0) is 14.8 Å². The molecule has 0 radical (unpaired) electrons. The zero-order chi connectivity index (χ0) is 14.2. The van der Waals surface area contributed by atoms with Gasteiger partial charge in [0.05, 0.1) is 23.4 Å². The molecule has 0 fully saturated rings. The van der Waals surface area contributed by atoms with E-state index in [1.54, 1.807) is 38.1 Å². The maximum absolute atomic E-state index is 12.3. The highest BCUT2D eigenvalue weighted by Crippen LogP contribution is 2.24. The monoisotopic (exact) mass is 281 g/mol. The lowest BCUT2D eigenvalue weighted by atomic mass is 10.2. The number of carbonyl (C=O) groups is 1. The molecular weight excluding hydrogens is 266 g/mol. The first-order chi connectivity index (χ1) is 8.89. The fourth-order valence-corrected chi connectivity index (χ4v) is 3.00. The number of ether oxygens (including phenoxy) is 1. The van der Waals surface area contributed by atoms with Crippen LogP contribution in [0.25, 0.3) is 10.9 Å². The van der Waals surface area contributed by atoms with Crippen molar-refractivity contribution in [3.8, 4) is 0 Å². The summed E-state index contributed by atoms with van der Waals surface area (Å²) < 4.78 is 30.4. The Kier molecular flexibility index (Phi) is 3.36. The molecule has 0 spiro atoms. The average Bonchev–Trinajstić information content (AvgIpc) is 2.77. The molecule has 0 amide bonds. The van der Waals surface area contributed by atoms with Crippen LogP contribution in [0.5, 0.6) is 0 Å². The van der Waals surface area contributed by atoms with E-state index in [2.05, 4.69) is 4.74 Å². The minimum Gasteiger partial charge on any atom is -0.465 e. The van der Waals surface area contributed by atoms with E-state index in [1.807, 2.05) is 0 Å². The molecule has 1 aromatic carbocycles. The summed E-state index contributed by atoms with van der Waals surface area (Å²) in [4.78, 5) is 11.7. The number of methoxy groups -OCH3 is 1. The van der Waals surface area contributed by atoms with E-state index in [9.17, 15) is 13.2 Å². The quantitative estimate of drug-likeness (QED) is 0.807. The van der Waals surface area contributed by atoms with Crippen LogP contribution in [0.3, 0.4) is 0 Å². The Bertz CT molecular complexity index is 728. The minimum atomic E-state index is -3.52. The van der Waals surface area contributed by atoms with Crippen molar-refractivity contribution in [1.29, 1.82) is 0 Å². The van der Waals surface area contributed by atoms with Crippen molar-refractivity contribution < 1.29 is 17.9 Å². The summed E-state index contributed by atoms with van der Waals surface area (Å²) in [5.41, 5.74) is 0.735. The average molecular weight is 281 g/mol. The van der Waals surface area contributed by atoms with Gasteiger partial charge in [-0.05, 0) is 19.9 Å². The number of benzene rings is 1. The van der Waals surface area contributed by atoms with Gasteiger partial charge in [0, 0.05) is 11.6 Å². The molecular formula is C13H15NO4S. The molecule has 0 atom stereocenters. The number of rotatable bonds is 3. The number of para-hydroxylation sites is 1. The Hall–Kier alpha value is -1.82. The molecule has 0 saturated heterocycles. The van der Waals surface area contributed by atoms with E-state index in [0.29, 0.717) is 10.9 Å². The lowest BCUT2D eigenvalue weighted by Crippen LogP contribution is -2.21. The van der Waals surface area contributed by atoms with E-state index in [1.165, 1.54) is 13.3 Å². The van der Waals surface area contributed by atoms with Crippen molar-refractivity contribution in [2.75, 3.05) is 7.11 Å². The zero-order valence-corrected chi connectivity index (χ0v) is 11.8. The fraction of sp³-hybridized carbons (Fsp3) is 0.308. The second-order valence-corrected chi connectivity index (χ2v) is 6.81. The SMILES string of the molecule is COC(=O)c1cn(S(=O)(=O)C(C)C)c2ccccc12. The van der Waals surface area contributed by atoms with Crippen molar-refractivity contribution in [1.82, 2.24) is 3.97 Å². The van der Waals surface area contributed by atoms with Crippen LogP contribution in [-0.4, -0.2) is 30.7 Å². The molecule has 1 heterocycles. The first kappa shape index (κ1) is 13.6. The van der Waals surface area contributed by atoms with Gasteiger partial charge in [0.15, 0.2) is 0 Å². The molecule has 2 aromatic rings. The van der Waals surface area contributed by atoms with Crippen LogP contribution in [0.2, 0.25) is 0 Å². The zero-order valence-electron chi connectivity index (χ0n) is 11.0. The van der Waals surface area contributed by atoms with E-state index in [-0.39, 0.29) is 5.56 Å². The van der Waals surface area contributed by atoms with Crippen LogP contribution in [0.1, 0.15) is 24.2 Å². The number of esters is 1. The summed E-state index contributed by atoms with van der Waals surface area (Å²) in [5, 5.41) is -0.00706. The molecule has 0 N–H and O–H groups in total.